The van der Waals surface area contributed by atoms with Crippen molar-refractivity contribution in [3.05, 3.63) is 54.1 Å². The Morgan fingerprint density at radius 2 is 1.64 bits per heavy atom. The van der Waals surface area contributed by atoms with Crippen molar-refractivity contribution >= 4 is 31.6 Å². The first-order valence-corrected chi connectivity index (χ1v) is 11.7. The van der Waals surface area contributed by atoms with Gasteiger partial charge in [0, 0.05) is 23.8 Å². The third-order valence-electron chi connectivity index (χ3n) is 4.06. The second kappa shape index (κ2) is 8.00. The van der Waals surface area contributed by atoms with E-state index in [2.05, 4.69) is 14.8 Å². The maximum atomic E-state index is 12.4. The van der Waals surface area contributed by atoms with Gasteiger partial charge in [0.25, 0.3) is 5.91 Å². The monoisotopic (exact) mass is 423 g/mol. The van der Waals surface area contributed by atoms with Gasteiger partial charge in [-0.05, 0) is 55.3 Å². The number of hydrogen-bond acceptors (Lipinski definition) is 5. The zero-order valence-corrected chi connectivity index (χ0v) is 16.8. The number of hydrogen-bond donors (Lipinski definition) is 3. The van der Waals surface area contributed by atoms with Gasteiger partial charge in [0.05, 0.1) is 9.79 Å². The van der Waals surface area contributed by atoms with Crippen LogP contribution in [0.15, 0.2) is 58.3 Å². The fourth-order valence-electron chi connectivity index (χ4n) is 2.49. The van der Waals surface area contributed by atoms with Gasteiger partial charge in [0.15, 0.2) is 0 Å². The van der Waals surface area contributed by atoms with Crippen LogP contribution in [0.25, 0.3) is 0 Å². The van der Waals surface area contributed by atoms with Crippen LogP contribution in [0.2, 0.25) is 0 Å². The molecule has 1 saturated carbocycles. The topological polar surface area (TPSA) is 121 Å². The SMILES string of the molecule is CCNS(=O)(=O)c1ccc(C(=O)Nc2cccc(S(=O)(=O)NC3CC3)c2)cc1. The minimum Gasteiger partial charge on any atom is -0.322 e. The lowest BCUT2D eigenvalue weighted by molar-refractivity contribution is 0.102. The molecule has 0 radical (unpaired) electrons. The normalized spacial score (nSPS) is 14.6. The molecule has 0 saturated heterocycles. The van der Waals surface area contributed by atoms with Crippen molar-refractivity contribution in [3.63, 3.8) is 0 Å². The molecule has 3 rings (SSSR count). The Morgan fingerprint density at radius 1 is 0.964 bits per heavy atom. The van der Waals surface area contributed by atoms with Gasteiger partial charge >= 0.3 is 0 Å². The predicted octanol–water partition coefficient (Wildman–Crippen LogP) is 1.68. The van der Waals surface area contributed by atoms with Crippen LogP contribution in [0.1, 0.15) is 30.1 Å². The second-order valence-electron chi connectivity index (χ2n) is 6.40. The average molecular weight is 424 g/mol. The number of amides is 1. The van der Waals surface area contributed by atoms with Crippen LogP contribution >= 0.6 is 0 Å². The van der Waals surface area contributed by atoms with Crippen LogP contribution < -0.4 is 14.8 Å². The summed E-state index contributed by atoms with van der Waals surface area (Å²) in [6.07, 6.45) is 1.66. The van der Waals surface area contributed by atoms with Crippen LogP contribution in [0.5, 0.6) is 0 Å². The largest absolute Gasteiger partial charge is 0.322 e. The van der Waals surface area contributed by atoms with Crippen LogP contribution in [0.4, 0.5) is 5.69 Å². The summed E-state index contributed by atoms with van der Waals surface area (Å²) in [4.78, 5) is 12.5. The molecular weight excluding hydrogens is 402 g/mol. The second-order valence-corrected chi connectivity index (χ2v) is 9.88. The summed E-state index contributed by atoms with van der Waals surface area (Å²) >= 11 is 0. The first kappa shape index (κ1) is 20.5. The number of sulfonamides is 2. The molecule has 1 amide bonds. The molecule has 0 spiro atoms. The Kier molecular flexibility index (Phi) is 5.84. The van der Waals surface area contributed by atoms with E-state index in [4.69, 9.17) is 0 Å². The van der Waals surface area contributed by atoms with Crippen molar-refractivity contribution < 1.29 is 21.6 Å². The quantitative estimate of drug-likeness (QED) is 0.596. The van der Waals surface area contributed by atoms with Crippen LogP contribution in [-0.2, 0) is 20.0 Å². The molecule has 3 N–H and O–H groups in total. The molecule has 2 aromatic rings. The predicted molar refractivity (Wildman–Crippen MR) is 105 cm³/mol. The molecule has 0 aliphatic heterocycles. The van der Waals surface area contributed by atoms with E-state index in [0.717, 1.165) is 12.8 Å². The van der Waals surface area contributed by atoms with Gasteiger partial charge < -0.3 is 5.32 Å². The zero-order chi connectivity index (χ0) is 20.4. The van der Waals surface area contributed by atoms with Crippen molar-refractivity contribution in [2.75, 3.05) is 11.9 Å². The van der Waals surface area contributed by atoms with Gasteiger partial charge in [-0.15, -0.1) is 0 Å². The van der Waals surface area contributed by atoms with E-state index in [1.54, 1.807) is 19.1 Å². The minimum atomic E-state index is -3.62. The molecule has 1 aliphatic rings. The zero-order valence-electron chi connectivity index (χ0n) is 15.2. The summed E-state index contributed by atoms with van der Waals surface area (Å²) in [7, 11) is -7.22. The molecule has 8 nitrogen and oxygen atoms in total. The molecule has 0 unspecified atom stereocenters. The summed E-state index contributed by atoms with van der Waals surface area (Å²) in [6, 6.07) is 11.4. The Hall–Kier alpha value is -2.27. The number of carbonyl (C=O) groups excluding carboxylic acids is 1. The van der Waals surface area contributed by atoms with Crippen molar-refractivity contribution in [1.29, 1.82) is 0 Å². The number of nitrogens with one attached hydrogen (secondary N) is 3. The molecule has 1 fully saturated rings. The fraction of sp³-hybridized carbons (Fsp3) is 0.278. The lowest BCUT2D eigenvalue weighted by Gasteiger charge is -2.10. The highest BCUT2D eigenvalue weighted by atomic mass is 32.2. The molecular formula is C18H21N3O5S2. The summed E-state index contributed by atoms with van der Waals surface area (Å²) in [5, 5.41) is 2.63. The van der Waals surface area contributed by atoms with E-state index < -0.39 is 26.0 Å². The average Bonchev–Trinajstić information content (AvgIpc) is 3.45. The number of benzene rings is 2. The van der Waals surface area contributed by atoms with E-state index in [1.807, 2.05) is 0 Å². The highest BCUT2D eigenvalue weighted by Gasteiger charge is 2.28. The highest BCUT2D eigenvalue weighted by molar-refractivity contribution is 7.89. The minimum absolute atomic E-state index is 0.0137. The van der Waals surface area contributed by atoms with Gasteiger partial charge in [-0.2, -0.15) is 0 Å². The van der Waals surface area contributed by atoms with Gasteiger partial charge in [0.2, 0.25) is 20.0 Å². The summed E-state index contributed by atoms with van der Waals surface area (Å²) < 4.78 is 53.4. The third-order valence-corrected chi connectivity index (χ3v) is 7.14. The molecule has 1 aliphatic carbocycles. The van der Waals surface area contributed by atoms with Crippen molar-refractivity contribution in [1.82, 2.24) is 9.44 Å². The lowest BCUT2D eigenvalue weighted by atomic mass is 10.2. The first-order chi connectivity index (χ1) is 13.2. The molecule has 0 bridgehead atoms. The summed E-state index contributed by atoms with van der Waals surface area (Å²) in [5.41, 5.74) is 0.577. The van der Waals surface area contributed by atoms with Crippen LogP contribution in [-0.4, -0.2) is 35.3 Å². The molecule has 150 valence electrons. The maximum absolute atomic E-state index is 12.4. The Bertz CT molecular complexity index is 1080. The van der Waals surface area contributed by atoms with Gasteiger partial charge in [0.1, 0.15) is 0 Å². The van der Waals surface area contributed by atoms with Crippen molar-refractivity contribution in [2.45, 2.75) is 35.6 Å². The fourth-order valence-corrected chi connectivity index (χ4v) is 4.88. The van der Waals surface area contributed by atoms with E-state index in [-0.39, 0.29) is 27.9 Å². The van der Waals surface area contributed by atoms with E-state index in [1.165, 1.54) is 36.4 Å². The van der Waals surface area contributed by atoms with Gasteiger partial charge in [-0.25, -0.2) is 26.3 Å². The Labute approximate surface area is 164 Å². The summed E-state index contributed by atoms with van der Waals surface area (Å²) in [6.45, 7) is 1.94. The van der Waals surface area contributed by atoms with Crippen LogP contribution in [0.3, 0.4) is 0 Å². The van der Waals surface area contributed by atoms with Gasteiger partial charge in [-0.3, -0.25) is 4.79 Å². The summed E-state index contributed by atoms with van der Waals surface area (Å²) in [5.74, 6) is -0.475. The smallest absolute Gasteiger partial charge is 0.255 e. The molecule has 0 heterocycles. The number of rotatable bonds is 8. The maximum Gasteiger partial charge on any atom is 0.255 e. The lowest BCUT2D eigenvalue weighted by Crippen LogP contribution is -2.25. The number of carbonyl (C=O) groups is 1. The van der Waals surface area contributed by atoms with Crippen molar-refractivity contribution in [2.24, 2.45) is 0 Å². The standard InChI is InChI=1S/C18H21N3O5S2/c1-2-19-27(23,24)16-10-6-13(7-11-16)18(22)20-15-4-3-5-17(12-15)28(25,26)21-14-8-9-14/h3-7,10-12,14,19,21H,2,8-9H2,1H3,(H,20,22). The van der Waals surface area contributed by atoms with E-state index >= 15 is 0 Å². The Balaban J connectivity index is 1.73. The molecule has 0 aromatic heterocycles. The molecule has 28 heavy (non-hydrogen) atoms. The molecule has 0 atom stereocenters. The van der Waals surface area contributed by atoms with E-state index in [9.17, 15) is 21.6 Å². The molecule has 2 aromatic carbocycles. The third kappa shape index (κ3) is 4.96. The molecule has 10 heteroatoms. The Morgan fingerprint density at radius 3 is 2.25 bits per heavy atom. The van der Waals surface area contributed by atoms with Crippen LogP contribution in [0, 0.1) is 0 Å². The van der Waals surface area contributed by atoms with Gasteiger partial charge in [-0.1, -0.05) is 13.0 Å². The van der Waals surface area contributed by atoms with E-state index in [0.29, 0.717) is 5.69 Å². The highest BCUT2D eigenvalue weighted by Crippen LogP contribution is 2.23. The number of anilines is 1. The van der Waals surface area contributed by atoms with Crippen molar-refractivity contribution in [3.8, 4) is 0 Å². The first-order valence-electron chi connectivity index (χ1n) is 8.75.